The van der Waals surface area contributed by atoms with Crippen LogP contribution in [-0.2, 0) is 6.42 Å². The van der Waals surface area contributed by atoms with E-state index in [1.807, 2.05) is 50.5 Å². The fourth-order valence-electron chi connectivity index (χ4n) is 2.32. The lowest BCUT2D eigenvalue weighted by Crippen LogP contribution is -2.25. The van der Waals surface area contributed by atoms with Gasteiger partial charge in [0.2, 0.25) is 0 Å². The third-order valence-corrected chi connectivity index (χ3v) is 3.77. The molecule has 0 saturated heterocycles. The molecule has 0 aliphatic carbocycles. The maximum Gasteiger partial charge on any atom is 0.0860 e. The fourth-order valence-corrected chi connectivity index (χ4v) is 2.32. The van der Waals surface area contributed by atoms with Crippen LogP contribution in [0.3, 0.4) is 0 Å². The second-order valence-corrected chi connectivity index (χ2v) is 5.56. The second-order valence-electron chi connectivity index (χ2n) is 5.56. The van der Waals surface area contributed by atoms with Crippen LogP contribution in [0.5, 0.6) is 0 Å². The minimum Gasteiger partial charge on any atom is -0.390 e. The predicted molar refractivity (Wildman–Crippen MR) is 81.3 cm³/mol. The lowest BCUT2D eigenvalue weighted by molar-refractivity contribution is 0.0554. The zero-order valence-corrected chi connectivity index (χ0v) is 12.2. The van der Waals surface area contributed by atoms with E-state index in [0.29, 0.717) is 12.8 Å². The summed E-state index contributed by atoms with van der Waals surface area (Å²) in [6.45, 7) is 3.78. The van der Waals surface area contributed by atoms with Crippen molar-refractivity contribution >= 4 is 10.8 Å². The van der Waals surface area contributed by atoms with Gasteiger partial charge < -0.3 is 5.11 Å². The smallest absolute Gasteiger partial charge is 0.0860 e. The SMILES string of the molecule is CCC(C)(O)Cc1cn(-c2cccc3cnccc23)nn1. The molecule has 2 heterocycles. The summed E-state index contributed by atoms with van der Waals surface area (Å²) in [5.41, 5.74) is 1.00. The van der Waals surface area contributed by atoms with Crippen LogP contribution < -0.4 is 0 Å². The summed E-state index contributed by atoms with van der Waals surface area (Å²) in [4.78, 5) is 4.13. The van der Waals surface area contributed by atoms with Crippen LogP contribution >= 0.6 is 0 Å². The minimum atomic E-state index is -0.746. The molecule has 3 aromatic rings. The van der Waals surface area contributed by atoms with E-state index < -0.39 is 5.60 Å². The lowest BCUT2D eigenvalue weighted by Gasteiger charge is -2.18. The standard InChI is InChI=1S/C16H18N4O/c1-3-16(2,21)9-13-11-20(19-18-13)15-6-4-5-12-10-17-8-7-14(12)15/h4-8,10-11,21H,3,9H2,1-2H3. The summed E-state index contributed by atoms with van der Waals surface area (Å²) >= 11 is 0. The van der Waals surface area contributed by atoms with E-state index in [9.17, 15) is 5.11 Å². The summed E-state index contributed by atoms with van der Waals surface area (Å²) in [7, 11) is 0. The largest absolute Gasteiger partial charge is 0.390 e. The maximum absolute atomic E-state index is 10.1. The van der Waals surface area contributed by atoms with Crippen LogP contribution in [0.25, 0.3) is 16.5 Å². The van der Waals surface area contributed by atoms with Crippen LogP contribution in [0.2, 0.25) is 0 Å². The molecule has 0 amide bonds. The molecule has 3 rings (SSSR count). The molecule has 5 heteroatoms. The van der Waals surface area contributed by atoms with Gasteiger partial charge in [-0.2, -0.15) is 0 Å². The number of aromatic nitrogens is 4. The van der Waals surface area contributed by atoms with Crippen molar-refractivity contribution in [1.82, 2.24) is 20.0 Å². The Morgan fingerprint density at radius 3 is 2.95 bits per heavy atom. The molecular formula is C16H18N4O. The molecule has 21 heavy (non-hydrogen) atoms. The Balaban J connectivity index is 1.99. The molecule has 1 atom stereocenters. The normalized spacial score (nSPS) is 14.2. The van der Waals surface area contributed by atoms with Crippen LogP contribution in [0.15, 0.2) is 42.9 Å². The number of nitrogens with zero attached hydrogens (tertiary/aromatic N) is 4. The second kappa shape index (κ2) is 5.26. The van der Waals surface area contributed by atoms with Gasteiger partial charge in [0, 0.05) is 29.6 Å². The van der Waals surface area contributed by atoms with Gasteiger partial charge in [0.1, 0.15) is 0 Å². The Bertz CT molecular complexity index is 758. The molecule has 1 aromatic carbocycles. The lowest BCUT2D eigenvalue weighted by atomic mass is 9.98. The van der Waals surface area contributed by atoms with Crippen LogP contribution in [0, 0.1) is 0 Å². The summed E-state index contributed by atoms with van der Waals surface area (Å²) in [5, 5.41) is 20.6. The summed E-state index contributed by atoms with van der Waals surface area (Å²) in [6, 6.07) is 7.96. The highest BCUT2D eigenvalue weighted by Gasteiger charge is 2.20. The number of pyridine rings is 1. The van der Waals surface area contributed by atoms with Crippen molar-refractivity contribution in [3.63, 3.8) is 0 Å². The number of aliphatic hydroxyl groups is 1. The molecule has 0 radical (unpaired) electrons. The van der Waals surface area contributed by atoms with E-state index in [2.05, 4.69) is 15.3 Å². The monoisotopic (exact) mass is 282 g/mol. The van der Waals surface area contributed by atoms with Gasteiger partial charge in [-0.1, -0.05) is 24.3 Å². The first-order valence-electron chi connectivity index (χ1n) is 7.06. The Kier molecular flexibility index (Phi) is 3.43. The molecule has 5 nitrogen and oxygen atoms in total. The Morgan fingerprint density at radius 2 is 2.14 bits per heavy atom. The maximum atomic E-state index is 10.1. The predicted octanol–water partition coefficient (Wildman–Crippen LogP) is 2.52. The van der Waals surface area contributed by atoms with E-state index >= 15 is 0 Å². The van der Waals surface area contributed by atoms with Crippen molar-refractivity contribution in [1.29, 1.82) is 0 Å². The highest BCUT2D eigenvalue weighted by Crippen LogP contribution is 2.21. The van der Waals surface area contributed by atoms with Gasteiger partial charge in [-0.3, -0.25) is 4.98 Å². The molecule has 2 aromatic heterocycles. The molecule has 0 aliphatic rings. The zero-order valence-electron chi connectivity index (χ0n) is 12.2. The summed E-state index contributed by atoms with van der Waals surface area (Å²) < 4.78 is 1.75. The molecule has 108 valence electrons. The Hall–Kier alpha value is -2.27. The first kappa shape index (κ1) is 13.7. The van der Waals surface area contributed by atoms with Crippen molar-refractivity contribution in [2.24, 2.45) is 0 Å². The molecule has 0 bridgehead atoms. The van der Waals surface area contributed by atoms with E-state index in [-0.39, 0.29) is 0 Å². The average molecular weight is 282 g/mol. The van der Waals surface area contributed by atoms with E-state index in [4.69, 9.17) is 0 Å². The first-order valence-corrected chi connectivity index (χ1v) is 7.06. The van der Waals surface area contributed by atoms with Gasteiger partial charge in [0.15, 0.2) is 0 Å². The van der Waals surface area contributed by atoms with Crippen LogP contribution in [-0.4, -0.2) is 30.7 Å². The number of hydrogen-bond donors (Lipinski definition) is 1. The molecule has 0 saturated carbocycles. The van der Waals surface area contributed by atoms with Crippen molar-refractivity contribution in [2.75, 3.05) is 0 Å². The number of fused-ring (bicyclic) bond motifs is 1. The molecule has 1 N–H and O–H groups in total. The molecule has 0 fully saturated rings. The average Bonchev–Trinajstić information content (AvgIpc) is 2.94. The van der Waals surface area contributed by atoms with E-state index in [1.54, 1.807) is 10.9 Å². The summed E-state index contributed by atoms with van der Waals surface area (Å²) in [6.07, 6.45) is 6.65. The van der Waals surface area contributed by atoms with Gasteiger partial charge in [-0.25, -0.2) is 4.68 Å². The van der Waals surface area contributed by atoms with Gasteiger partial charge >= 0.3 is 0 Å². The topological polar surface area (TPSA) is 63.8 Å². The van der Waals surface area contributed by atoms with Crippen molar-refractivity contribution in [2.45, 2.75) is 32.3 Å². The van der Waals surface area contributed by atoms with Gasteiger partial charge in [-0.05, 0) is 25.5 Å². The first-order chi connectivity index (χ1) is 10.1. The van der Waals surface area contributed by atoms with Gasteiger partial charge in [-0.15, -0.1) is 5.10 Å². The van der Waals surface area contributed by atoms with Crippen LogP contribution in [0.4, 0.5) is 0 Å². The number of hydrogen-bond acceptors (Lipinski definition) is 4. The minimum absolute atomic E-state index is 0.496. The molecule has 1 unspecified atom stereocenters. The Labute approximate surface area is 123 Å². The summed E-state index contributed by atoms with van der Waals surface area (Å²) in [5.74, 6) is 0. The molecule has 0 aliphatic heterocycles. The van der Waals surface area contributed by atoms with E-state index in [0.717, 1.165) is 22.2 Å². The molecule has 0 spiro atoms. The quantitative estimate of drug-likeness (QED) is 0.798. The van der Waals surface area contributed by atoms with Crippen molar-refractivity contribution in [3.8, 4) is 5.69 Å². The highest BCUT2D eigenvalue weighted by molar-refractivity contribution is 5.89. The molecular weight excluding hydrogens is 264 g/mol. The van der Waals surface area contributed by atoms with Gasteiger partial charge in [0.05, 0.1) is 23.2 Å². The highest BCUT2D eigenvalue weighted by atomic mass is 16.3. The number of benzene rings is 1. The third kappa shape index (κ3) is 2.78. The van der Waals surface area contributed by atoms with Crippen molar-refractivity contribution < 1.29 is 5.11 Å². The number of rotatable bonds is 4. The third-order valence-electron chi connectivity index (χ3n) is 3.77. The van der Waals surface area contributed by atoms with Crippen molar-refractivity contribution in [3.05, 3.63) is 48.5 Å². The fraction of sp³-hybridized carbons (Fsp3) is 0.312. The Morgan fingerprint density at radius 1 is 1.29 bits per heavy atom. The van der Waals surface area contributed by atoms with E-state index in [1.165, 1.54) is 0 Å². The van der Waals surface area contributed by atoms with Gasteiger partial charge in [0.25, 0.3) is 0 Å². The zero-order chi connectivity index (χ0) is 14.9. The van der Waals surface area contributed by atoms with Crippen LogP contribution in [0.1, 0.15) is 26.0 Å².